The highest BCUT2D eigenvalue weighted by atomic mass is 16.3. The smallest absolute Gasteiger partial charge is 0.258 e. The number of hydrogen-bond donors (Lipinski definition) is 1. The van der Waals surface area contributed by atoms with Gasteiger partial charge in [0.05, 0.1) is 38.3 Å². The number of piperidine rings is 1. The maximum absolute atomic E-state index is 13.1. The van der Waals surface area contributed by atoms with E-state index >= 15 is 0 Å². The number of carbonyl (C=O) groups is 2. The molecule has 0 saturated carbocycles. The van der Waals surface area contributed by atoms with Crippen molar-refractivity contribution in [3.05, 3.63) is 23.2 Å². The summed E-state index contributed by atoms with van der Waals surface area (Å²) in [4.78, 5) is 31.4. The van der Waals surface area contributed by atoms with E-state index in [0.717, 1.165) is 57.7 Å². The van der Waals surface area contributed by atoms with Crippen LogP contribution in [0.5, 0.6) is 0 Å². The predicted molar refractivity (Wildman–Crippen MR) is 94.7 cm³/mol. The van der Waals surface area contributed by atoms with Gasteiger partial charge < -0.3 is 19.1 Å². The summed E-state index contributed by atoms with van der Waals surface area (Å²) < 4.78 is 5.52. The van der Waals surface area contributed by atoms with Gasteiger partial charge in [-0.15, -0.1) is 0 Å². The van der Waals surface area contributed by atoms with Crippen LogP contribution in [0.4, 0.5) is 0 Å². The van der Waals surface area contributed by atoms with Crippen LogP contribution in [0.1, 0.15) is 48.1 Å². The maximum Gasteiger partial charge on any atom is 0.258 e. The van der Waals surface area contributed by atoms with Gasteiger partial charge in [0.25, 0.3) is 5.91 Å². The summed E-state index contributed by atoms with van der Waals surface area (Å²) in [5, 5.41) is 0. The van der Waals surface area contributed by atoms with Crippen molar-refractivity contribution in [3.63, 3.8) is 0 Å². The van der Waals surface area contributed by atoms with Crippen molar-refractivity contribution in [2.24, 2.45) is 0 Å². The first-order valence-corrected chi connectivity index (χ1v) is 9.51. The zero-order valence-corrected chi connectivity index (χ0v) is 15.6. The van der Waals surface area contributed by atoms with Gasteiger partial charge in [-0.25, -0.2) is 0 Å². The normalized spacial score (nSPS) is 22.3. The molecule has 6 heteroatoms. The summed E-state index contributed by atoms with van der Waals surface area (Å²) in [6.07, 6.45) is 2.73. The molecule has 1 aromatic rings. The Hall–Kier alpha value is -1.82. The van der Waals surface area contributed by atoms with E-state index in [2.05, 4.69) is 6.92 Å². The first-order valence-electron chi connectivity index (χ1n) is 9.51. The average molecular weight is 348 g/mol. The molecule has 1 N–H and O–H groups in total. The average Bonchev–Trinajstić information content (AvgIpc) is 2.98. The Morgan fingerprint density at radius 1 is 1.20 bits per heavy atom. The molecule has 0 aliphatic carbocycles. The molecule has 0 bridgehead atoms. The molecule has 2 amide bonds. The summed E-state index contributed by atoms with van der Waals surface area (Å²) in [5.74, 6) is 1.44. The number of rotatable bonds is 3. The lowest BCUT2D eigenvalue weighted by molar-refractivity contribution is -0.902. The zero-order chi connectivity index (χ0) is 18.0. The van der Waals surface area contributed by atoms with Crippen LogP contribution >= 0.6 is 0 Å². The molecule has 1 aromatic heterocycles. The third-order valence-electron chi connectivity index (χ3n) is 5.60. The first-order chi connectivity index (χ1) is 12.0. The van der Waals surface area contributed by atoms with Crippen molar-refractivity contribution in [1.82, 2.24) is 9.80 Å². The minimum Gasteiger partial charge on any atom is -0.466 e. The van der Waals surface area contributed by atoms with Gasteiger partial charge >= 0.3 is 0 Å². The highest BCUT2D eigenvalue weighted by Crippen LogP contribution is 2.24. The lowest BCUT2D eigenvalue weighted by Crippen LogP contribution is -3.14. The Bertz CT molecular complexity index is 632. The molecule has 1 atom stereocenters. The Morgan fingerprint density at radius 2 is 1.92 bits per heavy atom. The van der Waals surface area contributed by atoms with E-state index < -0.39 is 0 Å². The number of carbonyl (C=O) groups excluding carboxylic acids is 2. The van der Waals surface area contributed by atoms with Crippen molar-refractivity contribution in [3.8, 4) is 0 Å². The molecule has 2 aliphatic heterocycles. The fourth-order valence-corrected chi connectivity index (χ4v) is 4.04. The summed E-state index contributed by atoms with van der Waals surface area (Å²) in [7, 11) is 0. The molecular weight excluding hydrogens is 318 g/mol. The molecule has 2 fully saturated rings. The number of quaternary nitrogens is 1. The van der Waals surface area contributed by atoms with Crippen molar-refractivity contribution < 1.29 is 18.9 Å². The number of likely N-dealkylation sites (N-methyl/N-ethyl adjacent to an activating group) is 1. The number of likely N-dealkylation sites (tertiary alicyclic amines) is 1. The van der Waals surface area contributed by atoms with Crippen LogP contribution in [0.15, 0.2) is 10.5 Å². The summed E-state index contributed by atoms with van der Waals surface area (Å²) in [6, 6.07) is 1.47. The Balaban J connectivity index is 1.73. The van der Waals surface area contributed by atoms with E-state index in [0.29, 0.717) is 17.9 Å². The molecule has 2 saturated heterocycles. The van der Waals surface area contributed by atoms with Crippen LogP contribution in [-0.2, 0) is 4.79 Å². The number of aryl methyl sites for hydroxylation is 2. The van der Waals surface area contributed by atoms with Gasteiger partial charge in [-0.2, -0.15) is 0 Å². The number of amides is 2. The number of furan rings is 1. The second-order valence-corrected chi connectivity index (χ2v) is 7.27. The molecule has 2 aliphatic rings. The van der Waals surface area contributed by atoms with Crippen LogP contribution in [0, 0.1) is 13.8 Å². The SMILES string of the molecule is CC[NH+]1CCN(C(=O)[C@H]2CCCCN2C(=O)c2cc(C)oc2C)CC1. The molecule has 0 spiro atoms. The van der Waals surface area contributed by atoms with Crippen molar-refractivity contribution >= 4 is 11.8 Å². The molecule has 138 valence electrons. The van der Waals surface area contributed by atoms with Crippen molar-refractivity contribution in [2.75, 3.05) is 39.3 Å². The fourth-order valence-electron chi connectivity index (χ4n) is 4.04. The second kappa shape index (κ2) is 7.60. The molecule has 0 unspecified atom stereocenters. The quantitative estimate of drug-likeness (QED) is 0.872. The number of nitrogens with one attached hydrogen (secondary N) is 1. The van der Waals surface area contributed by atoms with E-state index in [1.807, 2.05) is 18.7 Å². The molecular formula is C19H30N3O3+. The Labute approximate surface area is 149 Å². The fraction of sp³-hybridized carbons (Fsp3) is 0.684. The molecule has 25 heavy (non-hydrogen) atoms. The van der Waals surface area contributed by atoms with E-state index in [-0.39, 0.29) is 17.9 Å². The van der Waals surface area contributed by atoms with Gasteiger partial charge in [0.2, 0.25) is 5.91 Å². The van der Waals surface area contributed by atoms with Gasteiger partial charge in [-0.1, -0.05) is 0 Å². The maximum atomic E-state index is 13.1. The highest BCUT2D eigenvalue weighted by Gasteiger charge is 2.37. The molecule has 0 radical (unpaired) electrons. The third kappa shape index (κ3) is 3.73. The second-order valence-electron chi connectivity index (χ2n) is 7.27. The Kier molecular flexibility index (Phi) is 5.47. The van der Waals surface area contributed by atoms with Crippen molar-refractivity contribution in [1.29, 1.82) is 0 Å². The summed E-state index contributed by atoms with van der Waals surface area (Å²) in [6.45, 7) is 11.2. The van der Waals surface area contributed by atoms with Gasteiger partial charge in [0.1, 0.15) is 17.6 Å². The third-order valence-corrected chi connectivity index (χ3v) is 5.60. The minimum atomic E-state index is -0.320. The number of piperazine rings is 1. The molecule has 3 heterocycles. The van der Waals surface area contributed by atoms with Crippen LogP contribution in [-0.4, -0.2) is 66.9 Å². The van der Waals surface area contributed by atoms with E-state index in [9.17, 15) is 9.59 Å². The molecule has 6 nitrogen and oxygen atoms in total. The highest BCUT2D eigenvalue weighted by molar-refractivity contribution is 5.98. The van der Waals surface area contributed by atoms with Crippen LogP contribution < -0.4 is 4.90 Å². The van der Waals surface area contributed by atoms with E-state index in [1.165, 1.54) is 0 Å². The largest absolute Gasteiger partial charge is 0.466 e. The van der Waals surface area contributed by atoms with Gasteiger partial charge in [0, 0.05) is 6.54 Å². The predicted octanol–water partition coefficient (Wildman–Crippen LogP) is 0.638. The van der Waals surface area contributed by atoms with Gasteiger partial charge in [-0.05, 0) is 46.1 Å². The van der Waals surface area contributed by atoms with Gasteiger partial charge in [0.15, 0.2) is 0 Å². The van der Waals surface area contributed by atoms with Crippen LogP contribution in [0.3, 0.4) is 0 Å². The molecule has 0 aromatic carbocycles. The zero-order valence-electron chi connectivity index (χ0n) is 15.6. The van der Waals surface area contributed by atoms with Gasteiger partial charge in [-0.3, -0.25) is 9.59 Å². The topological polar surface area (TPSA) is 58.2 Å². The Morgan fingerprint density at radius 3 is 2.52 bits per heavy atom. The summed E-state index contributed by atoms with van der Waals surface area (Å²) >= 11 is 0. The van der Waals surface area contributed by atoms with Crippen molar-refractivity contribution in [2.45, 2.75) is 46.1 Å². The van der Waals surface area contributed by atoms with Crippen LogP contribution in [0.25, 0.3) is 0 Å². The number of hydrogen-bond acceptors (Lipinski definition) is 3. The summed E-state index contributed by atoms with van der Waals surface area (Å²) in [5.41, 5.74) is 0.595. The minimum absolute atomic E-state index is 0.0646. The molecule has 3 rings (SSSR count). The lowest BCUT2D eigenvalue weighted by Gasteiger charge is -2.39. The first kappa shape index (κ1) is 18.0. The number of nitrogens with zero attached hydrogens (tertiary/aromatic N) is 2. The van der Waals surface area contributed by atoms with E-state index in [1.54, 1.807) is 15.9 Å². The van der Waals surface area contributed by atoms with E-state index in [4.69, 9.17) is 4.42 Å². The standard InChI is InChI=1S/C19H29N3O3/c1-4-20-9-11-21(12-10-20)19(24)17-7-5-6-8-22(17)18(23)16-13-14(2)25-15(16)3/h13,17H,4-12H2,1-3H3/p+1/t17-/m1/s1. The monoisotopic (exact) mass is 348 g/mol. The lowest BCUT2D eigenvalue weighted by atomic mass is 9.99. The van der Waals surface area contributed by atoms with Crippen LogP contribution in [0.2, 0.25) is 0 Å².